The van der Waals surface area contributed by atoms with Crippen LogP contribution in [0.2, 0.25) is 0 Å². The monoisotopic (exact) mass is 822 g/mol. The van der Waals surface area contributed by atoms with Gasteiger partial charge in [-0.2, -0.15) is 0 Å². The Morgan fingerprint density at radius 2 is 1.56 bits per heavy atom. The lowest BCUT2D eigenvalue weighted by Gasteiger charge is -2.33. The van der Waals surface area contributed by atoms with Crippen molar-refractivity contribution in [2.24, 2.45) is 23.3 Å². The third kappa shape index (κ3) is 13.4. The average Bonchev–Trinajstić information content (AvgIpc) is 3.65. The van der Waals surface area contributed by atoms with Crippen LogP contribution in [-0.4, -0.2) is 119 Å². The zero-order valence-corrected chi connectivity index (χ0v) is 33.9. The van der Waals surface area contributed by atoms with Gasteiger partial charge in [0.15, 0.2) is 6.61 Å². The molecule has 0 aromatic heterocycles. The van der Waals surface area contributed by atoms with Gasteiger partial charge in [0, 0.05) is 13.0 Å². The van der Waals surface area contributed by atoms with Crippen molar-refractivity contribution in [1.82, 2.24) is 31.5 Å². The summed E-state index contributed by atoms with van der Waals surface area (Å²) in [6.07, 6.45) is -0.275. The standard InChI is InChI=1S/C41H58N8O10/c1-5-23(4)36(41(58)47-35(22(2)3)37(43)54)48-40(57)31-7-6-16-49(31)20-32(51)28-17-25-10-14-27(15-11-25)59-21-34(53)44-29(18-24-8-12-26(50)13-9-24)38(55)46-30(19-33(42)52)39(56)45-28/h8-15,22-23,28-32,35-36,50-51H,5-7,16-21H2,1-4H3,(H2,42,52)(H2,43,54)(H,44,53)(H,45,56)(H,46,55)(H,47,58)(H,48,57)/t23-,28-,29-,30-,31-,32-,35-,36?/m0/s1. The summed E-state index contributed by atoms with van der Waals surface area (Å²) < 4.78 is 5.67. The molecule has 322 valence electrons. The van der Waals surface area contributed by atoms with Crippen LogP contribution in [0.4, 0.5) is 0 Å². The number of hydrogen-bond donors (Lipinski definition) is 9. The first-order valence-corrected chi connectivity index (χ1v) is 20.0. The molecule has 3 heterocycles. The van der Waals surface area contributed by atoms with Crippen LogP contribution in [0.1, 0.15) is 64.5 Å². The smallest absolute Gasteiger partial charge is 0.258 e. The van der Waals surface area contributed by atoms with Gasteiger partial charge in [-0.3, -0.25) is 38.5 Å². The van der Waals surface area contributed by atoms with Crippen LogP contribution < -0.4 is 42.8 Å². The van der Waals surface area contributed by atoms with E-state index < -0.39 is 96.7 Å². The lowest BCUT2D eigenvalue weighted by molar-refractivity contribution is -0.135. The Kier molecular flexibility index (Phi) is 16.6. The molecule has 18 nitrogen and oxygen atoms in total. The molecule has 0 spiro atoms. The summed E-state index contributed by atoms with van der Waals surface area (Å²) in [6, 6.07) is 6.24. The van der Waals surface area contributed by atoms with Gasteiger partial charge in [-0.1, -0.05) is 58.4 Å². The number of carbonyl (C=O) groups excluding carboxylic acids is 7. The summed E-state index contributed by atoms with van der Waals surface area (Å²) in [7, 11) is 0. The number of aliphatic hydroxyl groups is 1. The molecule has 18 heteroatoms. The van der Waals surface area contributed by atoms with Crippen molar-refractivity contribution in [3.8, 4) is 11.5 Å². The first-order chi connectivity index (χ1) is 27.9. The number of carbonyl (C=O) groups is 7. The third-order valence-corrected chi connectivity index (χ3v) is 10.8. The molecule has 1 fully saturated rings. The highest BCUT2D eigenvalue weighted by Gasteiger charge is 2.38. The maximum atomic E-state index is 13.9. The van der Waals surface area contributed by atoms with Gasteiger partial charge in [0.2, 0.25) is 35.4 Å². The second-order valence-electron chi connectivity index (χ2n) is 15.7. The largest absolute Gasteiger partial charge is 0.508 e. The molecule has 8 atom stereocenters. The third-order valence-electron chi connectivity index (χ3n) is 10.8. The predicted molar refractivity (Wildman–Crippen MR) is 215 cm³/mol. The first kappa shape index (κ1) is 45.9. The zero-order valence-electron chi connectivity index (χ0n) is 33.9. The van der Waals surface area contributed by atoms with Crippen molar-refractivity contribution in [2.75, 3.05) is 19.7 Å². The highest BCUT2D eigenvalue weighted by molar-refractivity contribution is 5.95. The number of likely N-dealkylation sites (tertiary alicyclic amines) is 1. The second kappa shape index (κ2) is 21.3. The number of fused-ring (bicyclic) bond motifs is 13. The van der Waals surface area contributed by atoms with Crippen LogP contribution in [0.15, 0.2) is 48.5 Å². The predicted octanol–water partition coefficient (Wildman–Crippen LogP) is -1.12. The van der Waals surface area contributed by atoms with Crippen LogP contribution >= 0.6 is 0 Å². The molecule has 0 aliphatic carbocycles. The van der Waals surface area contributed by atoms with E-state index in [9.17, 15) is 43.8 Å². The molecule has 59 heavy (non-hydrogen) atoms. The zero-order chi connectivity index (χ0) is 43.4. The van der Waals surface area contributed by atoms with Gasteiger partial charge in [-0.05, 0) is 73.0 Å². The molecule has 2 bridgehead atoms. The summed E-state index contributed by atoms with van der Waals surface area (Å²) in [5.74, 6) is -5.04. The van der Waals surface area contributed by atoms with Gasteiger partial charge in [0.25, 0.3) is 5.91 Å². The van der Waals surface area contributed by atoms with Crippen molar-refractivity contribution >= 4 is 41.4 Å². The summed E-state index contributed by atoms with van der Waals surface area (Å²) in [5.41, 5.74) is 12.3. The molecule has 5 rings (SSSR count). The number of ether oxygens (including phenoxy) is 1. The lowest BCUT2D eigenvalue weighted by Crippen LogP contribution is -2.60. The minimum absolute atomic E-state index is 0.00379. The van der Waals surface area contributed by atoms with Crippen molar-refractivity contribution in [3.63, 3.8) is 0 Å². The van der Waals surface area contributed by atoms with Crippen molar-refractivity contribution in [3.05, 3.63) is 59.7 Å². The number of nitrogens with two attached hydrogens (primary N) is 2. The molecule has 0 radical (unpaired) electrons. The lowest BCUT2D eigenvalue weighted by atomic mass is 9.96. The van der Waals surface area contributed by atoms with Crippen LogP contribution in [0, 0.1) is 11.8 Å². The van der Waals surface area contributed by atoms with Crippen LogP contribution in [-0.2, 0) is 46.4 Å². The SMILES string of the molecule is CC[C@H](C)C(NC(=O)[C@@H]1CCCN1C[C@H](O)[C@@H]1Cc2ccc(cc2)OCC(=O)N[C@@H](Cc2ccc(O)cc2)C(=O)N[C@@H](CC(N)=O)C(=O)N1)C(=O)N[C@H](C(N)=O)C(C)C. The normalized spacial score (nSPS) is 22.5. The van der Waals surface area contributed by atoms with E-state index in [0.717, 1.165) is 0 Å². The summed E-state index contributed by atoms with van der Waals surface area (Å²) in [4.78, 5) is 93.9. The number of nitrogens with zero attached hydrogens (tertiary/aromatic N) is 1. The summed E-state index contributed by atoms with van der Waals surface area (Å²) in [6.45, 7) is 7.10. The van der Waals surface area contributed by atoms with Gasteiger partial charge in [-0.25, -0.2) is 0 Å². The molecule has 1 unspecified atom stereocenters. The number of nitrogens with one attached hydrogen (secondary N) is 5. The quantitative estimate of drug-likeness (QED) is 0.0971. The van der Waals surface area contributed by atoms with Gasteiger partial charge in [-0.15, -0.1) is 0 Å². The molecule has 0 saturated carbocycles. The number of aromatic hydroxyl groups is 1. The Bertz CT molecular complexity index is 1810. The number of amides is 7. The molecule has 7 amide bonds. The first-order valence-electron chi connectivity index (χ1n) is 20.0. The molecule has 2 aromatic rings. The summed E-state index contributed by atoms with van der Waals surface area (Å²) in [5, 5.41) is 35.0. The molecule has 2 aromatic carbocycles. The van der Waals surface area contributed by atoms with E-state index >= 15 is 0 Å². The molecule has 3 aliphatic rings. The molecule has 3 aliphatic heterocycles. The van der Waals surface area contributed by atoms with E-state index in [2.05, 4.69) is 26.6 Å². The molecular weight excluding hydrogens is 764 g/mol. The number of phenolic OH excluding ortho intramolecular Hbond substituents is 1. The van der Waals surface area contributed by atoms with Crippen LogP contribution in [0.25, 0.3) is 0 Å². The second-order valence-corrected chi connectivity index (χ2v) is 15.7. The fraction of sp³-hybridized carbons (Fsp3) is 0.537. The highest BCUT2D eigenvalue weighted by Crippen LogP contribution is 2.22. The van der Waals surface area contributed by atoms with Crippen molar-refractivity contribution < 1.29 is 48.5 Å². The van der Waals surface area contributed by atoms with Crippen LogP contribution in [0.5, 0.6) is 11.5 Å². The maximum Gasteiger partial charge on any atom is 0.258 e. The van der Waals surface area contributed by atoms with E-state index in [0.29, 0.717) is 42.7 Å². The number of hydrogen-bond acceptors (Lipinski definition) is 11. The minimum Gasteiger partial charge on any atom is -0.508 e. The Morgan fingerprint density at radius 3 is 2.17 bits per heavy atom. The number of aliphatic hydroxyl groups excluding tert-OH is 1. The Hall–Kier alpha value is -5.75. The average molecular weight is 823 g/mol. The van der Waals surface area contributed by atoms with E-state index in [1.807, 2.05) is 13.8 Å². The molecule has 11 N–H and O–H groups in total. The van der Waals surface area contributed by atoms with Gasteiger partial charge < -0.3 is 53.0 Å². The van der Waals surface area contributed by atoms with Crippen molar-refractivity contribution in [1.29, 1.82) is 0 Å². The van der Waals surface area contributed by atoms with E-state index in [1.54, 1.807) is 55.1 Å². The van der Waals surface area contributed by atoms with Crippen molar-refractivity contribution in [2.45, 2.75) is 109 Å². The summed E-state index contributed by atoms with van der Waals surface area (Å²) >= 11 is 0. The van der Waals surface area contributed by atoms with Crippen LogP contribution in [0.3, 0.4) is 0 Å². The maximum absolute atomic E-state index is 13.9. The highest BCUT2D eigenvalue weighted by atomic mass is 16.5. The van der Waals surface area contributed by atoms with Gasteiger partial charge in [0.1, 0.15) is 35.7 Å². The fourth-order valence-electron chi connectivity index (χ4n) is 7.16. The van der Waals surface area contributed by atoms with E-state index in [1.165, 1.54) is 12.1 Å². The molecule has 1 saturated heterocycles. The van der Waals surface area contributed by atoms with E-state index in [-0.39, 0.29) is 37.0 Å². The Labute approximate surface area is 343 Å². The Morgan fingerprint density at radius 1 is 0.898 bits per heavy atom. The van der Waals surface area contributed by atoms with Gasteiger partial charge in [0.05, 0.1) is 24.6 Å². The number of phenols is 1. The Balaban J connectivity index is 1.57. The van der Waals surface area contributed by atoms with Gasteiger partial charge >= 0.3 is 0 Å². The minimum atomic E-state index is -1.50. The fourth-order valence-corrected chi connectivity index (χ4v) is 7.16. The number of rotatable bonds is 15. The van der Waals surface area contributed by atoms with E-state index in [4.69, 9.17) is 16.2 Å². The number of β-amino-alcohol motifs (C(OH)–C–C–N with tert-alkyl or cyclic N) is 1. The number of primary amides is 2. The topological polar surface area (TPSA) is 285 Å². The number of benzene rings is 2. The molecular formula is C41H58N8O10.